The quantitative estimate of drug-likeness (QED) is 0.473. The van der Waals surface area contributed by atoms with Gasteiger partial charge in [0.25, 0.3) is 0 Å². The van der Waals surface area contributed by atoms with Gasteiger partial charge >= 0.3 is 0 Å². The van der Waals surface area contributed by atoms with Crippen molar-refractivity contribution in [3.63, 3.8) is 0 Å². The van der Waals surface area contributed by atoms with Crippen molar-refractivity contribution in [2.24, 2.45) is 5.92 Å². The topological polar surface area (TPSA) is 16.5 Å². The first-order chi connectivity index (χ1) is 4.90. The molecule has 0 aliphatic carbocycles. The molecule has 3 rings (SSSR count). The van der Waals surface area contributed by atoms with Gasteiger partial charge in [-0.25, -0.2) is 0 Å². The minimum atomic E-state index is 0.831. The number of quaternary nitrogens is 1. The third-order valence-corrected chi connectivity index (χ3v) is 3.19. The highest BCUT2D eigenvalue weighted by molar-refractivity contribution is 4.80. The van der Waals surface area contributed by atoms with Crippen molar-refractivity contribution in [2.75, 3.05) is 26.7 Å². The van der Waals surface area contributed by atoms with Gasteiger partial charge in [-0.2, -0.15) is 0 Å². The summed E-state index contributed by atoms with van der Waals surface area (Å²) in [7, 11) is 2.10. The molecule has 1 atom stereocenters. The number of hydrogen-bond donors (Lipinski definition) is 2. The summed E-state index contributed by atoms with van der Waals surface area (Å²) in [4.78, 5) is 1.82. The lowest BCUT2D eigenvalue weighted by Gasteiger charge is -2.41. The number of nitrogens with one attached hydrogen (secondary N) is 2. The normalized spacial score (nSPS) is 45.9. The number of fused-ring (bicyclic) bond motifs is 3. The molecule has 3 aliphatic rings. The van der Waals surface area contributed by atoms with Crippen LogP contribution < -0.4 is 10.2 Å². The summed E-state index contributed by atoms with van der Waals surface area (Å²) in [6.45, 7) is 4.24. The van der Waals surface area contributed by atoms with Gasteiger partial charge in [0.15, 0.2) is 0 Å². The lowest BCUT2D eigenvalue weighted by atomic mass is 9.84. The summed E-state index contributed by atoms with van der Waals surface area (Å²) >= 11 is 0. The molecule has 3 heterocycles. The predicted octanol–water partition coefficient (Wildman–Crippen LogP) is -1.12. The molecule has 0 saturated carbocycles. The maximum Gasteiger partial charge on any atom is 0.0929 e. The second-order valence-corrected chi connectivity index (χ2v) is 3.69. The van der Waals surface area contributed by atoms with E-state index < -0.39 is 0 Å². The molecule has 2 heteroatoms. The molecule has 3 saturated heterocycles. The second kappa shape index (κ2) is 2.51. The lowest BCUT2D eigenvalue weighted by Crippen LogP contribution is -3.16. The van der Waals surface area contributed by atoms with E-state index in [1.165, 1.54) is 32.5 Å². The molecule has 1 unspecified atom stereocenters. The van der Waals surface area contributed by atoms with Crippen molar-refractivity contribution in [1.29, 1.82) is 0 Å². The molecule has 2 N–H and O–H groups in total. The zero-order valence-electron chi connectivity index (χ0n) is 6.69. The van der Waals surface area contributed by atoms with Gasteiger partial charge in [0.1, 0.15) is 0 Å². The minimum Gasteiger partial charge on any atom is -0.334 e. The highest BCUT2D eigenvalue weighted by Crippen LogP contribution is 2.17. The van der Waals surface area contributed by atoms with Gasteiger partial charge in [-0.15, -0.1) is 0 Å². The molecular weight excluding hydrogens is 124 g/mol. The molecule has 2 nitrogen and oxygen atoms in total. The molecule has 0 aromatic rings. The summed E-state index contributed by atoms with van der Waals surface area (Å²) < 4.78 is 0. The zero-order valence-corrected chi connectivity index (χ0v) is 6.69. The van der Waals surface area contributed by atoms with Crippen LogP contribution in [-0.2, 0) is 0 Å². The third-order valence-electron chi connectivity index (χ3n) is 3.19. The number of rotatable bonds is 1. The van der Waals surface area contributed by atoms with Crippen molar-refractivity contribution < 1.29 is 4.90 Å². The predicted molar refractivity (Wildman–Crippen MR) is 41.1 cm³/mol. The van der Waals surface area contributed by atoms with Crippen molar-refractivity contribution in [1.82, 2.24) is 5.32 Å². The standard InChI is InChI=1S/C8H16N2/c1-9-8-6-10-4-2-7(8)3-5-10/h7-9H,2-6H2,1H3/p+1. The van der Waals surface area contributed by atoms with Crippen LogP contribution in [0.4, 0.5) is 0 Å². The van der Waals surface area contributed by atoms with Crippen LogP contribution >= 0.6 is 0 Å². The first kappa shape index (κ1) is 6.62. The summed E-state index contributed by atoms with van der Waals surface area (Å²) in [6, 6.07) is 0.831. The molecule has 0 aromatic heterocycles. The Labute approximate surface area is 62.6 Å². The Hall–Kier alpha value is -0.0800. The van der Waals surface area contributed by atoms with Gasteiger partial charge in [0.2, 0.25) is 0 Å². The van der Waals surface area contributed by atoms with Crippen LogP contribution in [0.3, 0.4) is 0 Å². The number of likely N-dealkylation sites (N-methyl/N-ethyl adjacent to an activating group) is 1. The number of hydrogen-bond acceptors (Lipinski definition) is 1. The van der Waals surface area contributed by atoms with Crippen molar-refractivity contribution in [3.05, 3.63) is 0 Å². The largest absolute Gasteiger partial charge is 0.334 e. The fourth-order valence-electron chi connectivity index (χ4n) is 2.47. The smallest absolute Gasteiger partial charge is 0.0929 e. The molecule has 0 amide bonds. The zero-order chi connectivity index (χ0) is 6.97. The maximum absolute atomic E-state index is 3.41. The van der Waals surface area contributed by atoms with E-state index in [2.05, 4.69) is 12.4 Å². The second-order valence-electron chi connectivity index (χ2n) is 3.69. The molecule has 0 radical (unpaired) electrons. The highest BCUT2D eigenvalue weighted by atomic mass is 15.2. The van der Waals surface area contributed by atoms with Crippen molar-refractivity contribution in [2.45, 2.75) is 18.9 Å². The lowest BCUT2D eigenvalue weighted by molar-refractivity contribution is -0.917. The first-order valence-corrected chi connectivity index (χ1v) is 4.41. The van der Waals surface area contributed by atoms with Crippen LogP contribution in [0.2, 0.25) is 0 Å². The molecule has 0 spiro atoms. The Kier molecular flexibility index (Phi) is 1.66. The van der Waals surface area contributed by atoms with Crippen LogP contribution in [0.1, 0.15) is 12.8 Å². The Morgan fingerprint density at radius 1 is 1.30 bits per heavy atom. The molecule has 3 aliphatic heterocycles. The Morgan fingerprint density at radius 3 is 2.30 bits per heavy atom. The summed E-state index contributed by atoms with van der Waals surface area (Å²) in [6.07, 6.45) is 2.92. The van der Waals surface area contributed by atoms with E-state index >= 15 is 0 Å². The Morgan fingerprint density at radius 2 is 2.00 bits per heavy atom. The van der Waals surface area contributed by atoms with Gasteiger partial charge in [-0.05, 0) is 13.0 Å². The fourth-order valence-corrected chi connectivity index (χ4v) is 2.47. The van der Waals surface area contributed by atoms with E-state index in [9.17, 15) is 0 Å². The van der Waals surface area contributed by atoms with Crippen LogP contribution in [0.15, 0.2) is 0 Å². The van der Waals surface area contributed by atoms with Gasteiger partial charge in [0.05, 0.1) is 25.7 Å². The molecule has 0 aromatic carbocycles. The minimum absolute atomic E-state index is 0.831. The summed E-state index contributed by atoms with van der Waals surface area (Å²) in [5.41, 5.74) is 0. The average molecular weight is 141 g/mol. The van der Waals surface area contributed by atoms with E-state index in [0.717, 1.165) is 12.0 Å². The molecule has 58 valence electrons. The summed E-state index contributed by atoms with van der Waals surface area (Å²) in [5.74, 6) is 1.00. The molecule has 2 bridgehead atoms. The van der Waals surface area contributed by atoms with E-state index in [-0.39, 0.29) is 0 Å². The van der Waals surface area contributed by atoms with Crippen LogP contribution in [0.25, 0.3) is 0 Å². The molecule has 10 heavy (non-hydrogen) atoms. The highest BCUT2D eigenvalue weighted by Gasteiger charge is 2.35. The molecular formula is C8H17N2+. The maximum atomic E-state index is 3.41. The first-order valence-electron chi connectivity index (χ1n) is 4.41. The van der Waals surface area contributed by atoms with Gasteiger partial charge in [-0.1, -0.05) is 0 Å². The van der Waals surface area contributed by atoms with Crippen LogP contribution in [-0.4, -0.2) is 32.7 Å². The van der Waals surface area contributed by atoms with Crippen molar-refractivity contribution in [3.8, 4) is 0 Å². The fraction of sp³-hybridized carbons (Fsp3) is 1.00. The Bertz CT molecular complexity index is 116. The van der Waals surface area contributed by atoms with Crippen LogP contribution in [0, 0.1) is 5.92 Å². The van der Waals surface area contributed by atoms with E-state index in [4.69, 9.17) is 0 Å². The Balaban J connectivity index is 2.01. The SMILES string of the molecule is CNC1C[NH+]2CCC1CC2. The summed E-state index contributed by atoms with van der Waals surface area (Å²) in [5, 5.41) is 3.41. The van der Waals surface area contributed by atoms with Gasteiger partial charge < -0.3 is 10.2 Å². The van der Waals surface area contributed by atoms with Crippen molar-refractivity contribution >= 4 is 0 Å². The van der Waals surface area contributed by atoms with E-state index in [1.54, 1.807) is 0 Å². The van der Waals surface area contributed by atoms with E-state index in [1.807, 2.05) is 4.90 Å². The third kappa shape index (κ3) is 0.956. The average Bonchev–Trinajstić information content (AvgIpc) is 2.06. The van der Waals surface area contributed by atoms with E-state index in [0.29, 0.717) is 0 Å². The number of piperidine rings is 3. The van der Waals surface area contributed by atoms with Gasteiger partial charge in [0, 0.05) is 12.8 Å². The van der Waals surface area contributed by atoms with Gasteiger partial charge in [-0.3, -0.25) is 0 Å². The molecule has 3 fully saturated rings. The van der Waals surface area contributed by atoms with Crippen LogP contribution in [0.5, 0.6) is 0 Å². The monoisotopic (exact) mass is 141 g/mol.